The van der Waals surface area contributed by atoms with Gasteiger partial charge in [-0.2, -0.15) is 0 Å². The van der Waals surface area contributed by atoms with Gasteiger partial charge in [0.05, 0.1) is 23.3 Å². The Morgan fingerprint density at radius 3 is 2.80 bits per heavy atom. The number of nitrogen functional groups attached to an aromatic ring is 1. The number of ether oxygens (including phenoxy) is 1. The molecule has 0 fully saturated rings. The molecule has 1 aromatic carbocycles. The van der Waals surface area contributed by atoms with E-state index in [9.17, 15) is 0 Å². The second-order valence-electron chi connectivity index (χ2n) is 2.93. The van der Waals surface area contributed by atoms with E-state index in [0.29, 0.717) is 5.88 Å². The Balaban J connectivity index is 2.59. The lowest BCUT2D eigenvalue weighted by Crippen LogP contribution is -1.89. The van der Waals surface area contributed by atoms with Gasteiger partial charge in [-0.25, -0.2) is 0 Å². The first-order chi connectivity index (χ1) is 7.24. The molecule has 0 aliphatic heterocycles. The standard InChI is InChI=1S/C10H9BrN2O2/c1-14-8-4-2-3-6(9(8)11)7-5-13-15-10(7)12/h2-5H,12H2,1H3. The molecule has 1 aromatic heterocycles. The van der Waals surface area contributed by atoms with E-state index in [1.165, 1.54) is 0 Å². The minimum atomic E-state index is 0.295. The van der Waals surface area contributed by atoms with E-state index >= 15 is 0 Å². The molecular weight excluding hydrogens is 260 g/mol. The van der Waals surface area contributed by atoms with Crippen molar-refractivity contribution in [3.05, 3.63) is 28.9 Å². The van der Waals surface area contributed by atoms with Gasteiger partial charge in [0.1, 0.15) is 5.75 Å². The van der Waals surface area contributed by atoms with Crippen LogP contribution >= 0.6 is 15.9 Å². The van der Waals surface area contributed by atoms with Gasteiger partial charge in [0.15, 0.2) is 0 Å². The normalized spacial score (nSPS) is 10.3. The third-order valence-electron chi connectivity index (χ3n) is 2.07. The quantitative estimate of drug-likeness (QED) is 0.910. The molecule has 0 radical (unpaired) electrons. The Labute approximate surface area is 95.1 Å². The van der Waals surface area contributed by atoms with Gasteiger partial charge in [-0.1, -0.05) is 17.3 Å². The lowest BCUT2D eigenvalue weighted by atomic mass is 10.1. The maximum absolute atomic E-state index is 5.64. The number of hydrogen-bond acceptors (Lipinski definition) is 4. The van der Waals surface area contributed by atoms with E-state index in [1.54, 1.807) is 13.3 Å². The van der Waals surface area contributed by atoms with Crippen molar-refractivity contribution in [1.29, 1.82) is 0 Å². The van der Waals surface area contributed by atoms with E-state index in [2.05, 4.69) is 21.1 Å². The monoisotopic (exact) mass is 268 g/mol. The number of methoxy groups -OCH3 is 1. The molecule has 1 heterocycles. The zero-order chi connectivity index (χ0) is 10.8. The van der Waals surface area contributed by atoms with Gasteiger partial charge in [-0.3, -0.25) is 0 Å². The molecular formula is C10H9BrN2O2. The van der Waals surface area contributed by atoms with Gasteiger partial charge in [0.25, 0.3) is 0 Å². The Morgan fingerprint density at radius 1 is 1.40 bits per heavy atom. The molecule has 0 spiro atoms. The first kappa shape index (κ1) is 10.0. The molecule has 0 saturated carbocycles. The highest BCUT2D eigenvalue weighted by Crippen LogP contribution is 2.37. The third kappa shape index (κ3) is 1.70. The molecule has 0 bridgehead atoms. The van der Waals surface area contributed by atoms with E-state index < -0.39 is 0 Å². The molecule has 2 N–H and O–H groups in total. The minimum Gasteiger partial charge on any atom is -0.496 e. The lowest BCUT2D eigenvalue weighted by Gasteiger charge is -2.06. The minimum absolute atomic E-state index is 0.295. The van der Waals surface area contributed by atoms with Crippen LogP contribution in [0, 0.1) is 0 Å². The van der Waals surface area contributed by atoms with Crippen LogP contribution < -0.4 is 10.5 Å². The van der Waals surface area contributed by atoms with Crippen molar-refractivity contribution in [2.45, 2.75) is 0 Å². The van der Waals surface area contributed by atoms with Crippen molar-refractivity contribution in [1.82, 2.24) is 5.16 Å². The fourth-order valence-corrected chi connectivity index (χ4v) is 1.97. The zero-order valence-corrected chi connectivity index (χ0v) is 9.61. The number of nitrogens with two attached hydrogens (primary N) is 1. The molecule has 4 nitrogen and oxygen atoms in total. The van der Waals surface area contributed by atoms with Gasteiger partial charge in [-0.15, -0.1) is 0 Å². The summed E-state index contributed by atoms with van der Waals surface area (Å²) >= 11 is 3.45. The zero-order valence-electron chi connectivity index (χ0n) is 8.03. The van der Waals surface area contributed by atoms with Crippen LogP contribution in [0.5, 0.6) is 5.75 Å². The van der Waals surface area contributed by atoms with Crippen LogP contribution in [0.3, 0.4) is 0 Å². The smallest absolute Gasteiger partial charge is 0.229 e. The van der Waals surface area contributed by atoms with E-state index in [-0.39, 0.29) is 0 Å². The van der Waals surface area contributed by atoms with Crippen molar-refractivity contribution in [2.24, 2.45) is 0 Å². The molecule has 0 amide bonds. The second kappa shape index (κ2) is 3.94. The number of rotatable bonds is 2. The average Bonchev–Trinajstić information content (AvgIpc) is 2.65. The van der Waals surface area contributed by atoms with E-state index in [4.69, 9.17) is 15.0 Å². The molecule has 0 aliphatic carbocycles. The van der Waals surface area contributed by atoms with Crippen molar-refractivity contribution in [3.63, 3.8) is 0 Å². The van der Waals surface area contributed by atoms with Crippen LogP contribution in [0.4, 0.5) is 5.88 Å². The van der Waals surface area contributed by atoms with E-state index in [0.717, 1.165) is 21.3 Å². The molecule has 2 aromatic rings. The van der Waals surface area contributed by atoms with Crippen molar-refractivity contribution < 1.29 is 9.26 Å². The molecule has 0 aliphatic rings. The van der Waals surface area contributed by atoms with Gasteiger partial charge in [-0.05, 0) is 22.0 Å². The first-order valence-corrected chi connectivity index (χ1v) is 5.06. The fraction of sp³-hybridized carbons (Fsp3) is 0.100. The summed E-state index contributed by atoms with van der Waals surface area (Å²) in [5, 5.41) is 3.63. The SMILES string of the molecule is COc1cccc(-c2cnoc2N)c1Br. The summed E-state index contributed by atoms with van der Waals surface area (Å²) in [6.45, 7) is 0. The summed E-state index contributed by atoms with van der Waals surface area (Å²) in [6.07, 6.45) is 1.58. The van der Waals surface area contributed by atoms with Gasteiger partial charge >= 0.3 is 0 Å². The van der Waals surface area contributed by atoms with Crippen LogP contribution in [0.1, 0.15) is 0 Å². The van der Waals surface area contributed by atoms with Crippen molar-refractivity contribution in [2.75, 3.05) is 12.8 Å². The van der Waals surface area contributed by atoms with Gasteiger partial charge in [0.2, 0.25) is 5.88 Å². The highest BCUT2D eigenvalue weighted by Gasteiger charge is 2.13. The summed E-state index contributed by atoms with van der Waals surface area (Å²) in [5.74, 6) is 1.04. The predicted molar refractivity (Wildman–Crippen MR) is 60.6 cm³/mol. The summed E-state index contributed by atoms with van der Waals surface area (Å²) in [7, 11) is 1.61. The van der Waals surface area contributed by atoms with Crippen LogP contribution in [0.2, 0.25) is 0 Å². The van der Waals surface area contributed by atoms with E-state index in [1.807, 2.05) is 18.2 Å². The topological polar surface area (TPSA) is 61.3 Å². The Bertz CT molecular complexity index is 482. The first-order valence-electron chi connectivity index (χ1n) is 4.27. The number of aromatic nitrogens is 1. The average molecular weight is 269 g/mol. The summed E-state index contributed by atoms with van der Waals surface area (Å²) in [5.41, 5.74) is 7.29. The Kier molecular flexibility index (Phi) is 2.64. The fourth-order valence-electron chi connectivity index (χ4n) is 1.33. The number of hydrogen-bond donors (Lipinski definition) is 1. The lowest BCUT2D eigenvalue weighted by molar-refractivity contribution is 0.412. The number of nitrogens with zero attached hydrogens (tertiary/aromatic N) is 1. The number of anilines is 1. The molecule has 0 atom stereocenters. The summed E-state index contributed by atoms with van der Waals surface area (Å²) in [4.78, 5) is 0. The molecule has 0 unspecified atom stereocenters. The summed E-state index contributed by atoms with van der Waals surface area (Å²) in [6, 6.07) is 5.65. The van der Waals surface area contributed by atoms with Crippen LogP contribution in [-0.4, -0.2) is 12.3 Å². The molecule has 0 saturated heterocycles. The largest absolute Gasteiger partial charge is 0.496 e. The third-order valence-corrected chi connectivity index (χ3v) is 2.89. The maximum Gasteiger partial charge on any atom is 0.229 e. The molecule has 78 valence electrons. The Morgan fingerprint density at radius 2 is 2.20 bits per heavy atom. The summed E-state index contributed by atoms with van der Waals surface area (Å²) < 4.78 is 10.8. The highest BCUT2D eigenvalue weighted by molar-refractivity contribution is 9.10. The molecule has 5 heteroatoms. The van der Waals surface area contributed by atoms with Crippen LogP contribution in [0.25, 0.3) is 11.1 Å². The van der Waals surface area contributed by atoms with Gasteiger partial charge in [0, 0.05) is 5.56 Å². The van der Waals surface area contributed by atoms with Crippen LogP contribution in [0.15, 0.2) is 33.4 Å². The van der Waals surface area contributed by atoms with Crippen molar-refractivity contribution in [3.8, 4) is 16.9 Å². The second-order valence-corrected chi connectivity index (χ2v) is 3.72. The number of benzene rings is 1. The highest BCUT2D eigenvalue weighted by atomic mass is 79.9. The van der Waals surface area contributed by atoms with Crippen LogP contribution in [-0.2, 0) is 0 Å². The number of halogens is 1. The maximum atomic E-state index is 5.64. The molecule has 15 heavy (non-hydrogen) atoms. The molecule has 2 rings (SSSR count). The Hall–Kier alpha value is -1.49. The van der Waals surface area contributed by atoms with Crippen molar-refractivity contribution >= 4 is 21.8 Å². The predicted octanol–water partition coefficient (Wildman–Crippen LogP) is 2.69. The van der Waals surface area contributed by atoms with Gasteiger partial charge < -0.3 is 15.0 Å².